The van der Waals surface area contributed by atoms with Crippen LogP contribution in [-0.2, 0) is 19.0 Å². The Bertz CT molecular complexity index is 677. The van der Waals surface area contributed by atoms with E-state index in [4.69, 9.17) is 23.7 Å². The zero-order valence-corrected chi connectivity index (χ0v) is 15.1. The average Bonchev–Trinajstić information content (AvgIpc) is 2.70. The maximum Gasteiger partial charge on any atom is 0.330 e. The number of benzene rings is 1. The van der Waals surface area contributed by atoms with Crippen molar-refractivity contribution in [2.24, 2.45) is 0 Å². The fraction of sp³-hybridized carbons (Fsp3) is 0.350. The molecule has 0 aliphatic heterocycles. The van der Waals surface area contributed by atoms with Gasteiger partial charge in [0.05, 0.1) is 20.0 Å². The van der Waals surface area contributed by atoms with E-state index in [1.54, 1.807) is 26.4 Å². The van der Waals surface area contributed by atoms with Crippen LogP contribution in [0.4, 0.5) is 0 Å². The first-order valence-corrected chi connectivity index (χ1v) is 8.32. The second-order valence-electron chi connectivity index (χ2n) is 5.52. The highest BCUT2D eigenvalue weighted by Gasteiger charge is 2.17. The maximum atomic E-state index is 11.6. The Morgan fingerprint density at radius 3 is 2.69 bits per heavy atom. The van der Waals surface area contributed by atoms with Crippen LogP contribution in [0.5, 0.6) is 11.5 Å². The summed E-state index contributed by atoms with van der Waals surface area (Å²) in [4.78, 5) is 11.6. The SMILES string of the molecule is C=CC(=O)OC(COC1=CCCC(OC)=C1)COc1cccc(OC)c1. The van der Waals surface area contributed by atoms with E-state index in [1.165, 1.54) is 0 Å². The van der Waals surface area contributed by atoms with Gasteiger partial charge in [0, 0.05) is 24.6 Å². The highest BCUT2D eigenvalue weighted by Crippen LogP contribution is 2.20. The number of carbonyl (C=O) groups is 1. The van der Waals surface area contributed by atoms with Gasteiger partial charge in [-0.15, -0.1) is 0 Å². The van der Waals surface area contributed by atoms with Crippen LogP contribution < -0.4 is 9.47 Å². The van der Waals surface area contributed by atoms with Gasteiger partial charge in [-0.2, -0.15) is 0 Å². The van der Waals surface area contributed by atoms with Crippen LogP contribution in [0.2, 0.25) is 0 Å². The van der Waals surface area contributed by atoms with Gasteiger partial charge in [0.2, 0.25) is 0 Å². The first-order valence-electron chi connectivity index (χ1n) is 8.32. The number of allylic oxidation sites excluding steroid dienone is 3. The molecule has 1 aromatic rings. The number of hydrogen-bond acceptors (Lipinski definition) is 6. The molecule has 1 atom stereocenters. The molecule has 0 saturated carbocycles. The summed E-state index contributed by atoms with van der Waals surface area (Å²) in [5, 5.41) is 0. The molecule has 6 nitrogen and oxygen atoms in total. The molecule has 0 fully saturated rings. The summed E-state index contributed by atoms with van der Waals surface area (Å²) in [6.45, 7) is 3.71. The minimum Gasteiger partial charge on any atom is -0.501 e. The Kier molecular flexibility index (Phi) is 7.61. The largest absolute Gasteiger partial charge is 0.501 e. The zero-order valence-electron chi connectivity index (χ0n) is 15.1. The van der Waals surface area contributed by atoms with Gasteiger partial charge in [0.1, 0.15) is 30.5 Å². The van der Waals surface area contributed by atoms with E-state index in [0.29, 0.717) is 17.3 Å². The van der Waals surface area contributed by atoms with E-state index in [-0.39, 0.29) is 13.2 Å². The Balaban J connectivity index is 1.94. The Morgan fingerprint density at radius 2 is 1.96 bits per heavy atom. The number of esters is 1. The number of rotatable bonds is 10. The van der Waals surface area contributed by atoms with E-state index >= 15 is 0 Å². The third-order valence-electron chi connectivity index (χ3n) is 3.66. The normalized spacial score (nSPS) is 14.4. The summed E-state index contributed by atoms with van der Waals surface area (Å²) >= 11 is 0. The van der Waals surface area contributed by atoms with Crippen molar-refractivity contribution in [3.8, 4) is 11.5 Å². The van der Waals surface area contributed by atoms with Gasteiger partial charge < -0.3 is 23.7 Å². The van der Waals surface area contributed by atoms with Crippen LogP contribution in [0.1, 0.15) is 12.8 Å². The molecule has 0 N–H and O–H groups in total. The standard InChI is InChI=1S/C20H24O6/c1-4-20(21)26-19(13-24-17-9-5-7-15(11-17)22-2)14-25-18-10-6-8-16(12-18)23-3/h4-5,7,9-12,19H,1,6,8,13-14H2,2-3H3. The van der Waals surface area contributed by atoms with Gasteiger partial charge in [-0.3, -0.25) is 0 Å². The van der Waals surface area contributed by atoms with Crippen LogP contribution in [0.25, 0.3) is 0 Å². The van der Waals surface area contributed by atoms with E-state index in [9.17, 15) is 4.79 Å². The predicted octanol–water partition coefficient (Wildman–Crippen LogP) is 3.40. The van der Waals surface area contributed by atoms with Crippen LogP contribution in [0.15, 0.2) is 60.6 Å². The van der Waals surface area contributed by atoms with Crippen molar-refractivity contribution in [2.75, 3.05) is 27.4 Å². The summed E-state index contributed by atoms with van der Waals surface area (Å²) in [5.74, 6) is 2.31. The summed E-state index contributed by atoms with van der Waals surface area (Å²) in [6.07, 6.45) is 6.01. The van der Waals surface area contributed by atoms with Crippen molar-refractivity contribution in [1.29, 1.82) is 0 Å². The molecule has 0 radical (unpaired) electrons. The minimum absolute atomic E-state index is 0.140. The Labute approximate surface area is 153 Å². The highest BCUT2D eigenvalue weighted by atomic mass is 16.6. The fourth-order valence-electron chi connectivity index (χ4n) is 2.31. The molecule has 1 unspecified atom stereocenters. The Hall–Kier alpha value is -2.89. The molecule has 0 amide bonds. The molecule has 140 valence electrons. The lowest BCUT2D eigenvalue weighted by Crippen LogP contribution is -2.29. The predicted molar refractivity (Wildman–Crippen MR) is 96.9 cm³/mol. The first-order chi connectivity index (χ1) is 12.6. The molecular formula is C20H24O6. The highest BCUT2D eigenvalue weighted by molar-refractivity contribution is 5.81. The molecule has 2 rings (SSSR count). The zero-order chi connectivity index (χ0) is 18.8. The summed E-state index contributed by atoms with van der Waals surface area (Å²) in [6, 6.07) is 7.19. The molecule has 1 aliphatic carbocycles. The van der Waals surface area contributed by atoms with Crippen molar-refractivity contribution in [3.05, 3.63) is 60.6 Å². The summed E-state index contributed by atoms with van der Waals surface area (Å²) in [7, 11) is 3.21. The van der Waals surface area contributed by atoms with E-state index in [0.717, 1.165) is 24.7 Å². The van der Waals surface area contributed by atoms with E-state index < -0.39 is 12.1 Å². The molecule has 0 saturated heterocycles. The number of hydrogen-bond donors (Lipinski definition) is 0. The molecule has 6 heteroatoms. The number of carbonyl (C=O) groups excluding carboxylic acids is 1. The van der Waals surface area contributed by atoms with Crippen molar-refractivity contribution in [3.63, 3.8) is 0 Å². The van der Waals surface area contributed by atoms with Crippen molar-refractivity contribution >= 4 is 5.97 Å². The molecule has 0 aromatic heterocycles. The molecule has 26 heavy (non-hydrogen) atoms. The molecule has 0 spiro atoms. The molecular weight excluding hydrogens is 336 g/mol. The first kappa shape index (κ1) is 19.4. The second-order valence-corrected chi connectivity index (χ2v) is 5.52. The third kappa shape index (κ3) is 6.20. The maximum absolute atomic E-state index is 11.6. The van der Waals surface area contributed by atoms with Crippen molar-refractivity contribution < 1.29 is 28.5 Å². The topological polar surface area (TPSA) is 63.2 Å². The lowest BCUT2D eigenvalue weighted by Gasteiger charge is -2.20. The fourth-order valence-corrected chi connectivity index (χ4v) is 2.31. The van der Waals surface area contributed by atoms with E-state index in [1.807, 2.05) is 24.3 Å². The lowest BCUT2D eigenvalue weighted by molar-refractivity contribution is -0.147. The monoisotopic (exact) mass is 360 g/mol. The smallest absolute Gasteiger partial charge is 0.330 e. The van der Waals surface area contributed by atoms with Crippen LogP contribution in [0, 0.1) is 0 Å². The van der Waals surface area contributed by atoms with Gasteiger partial charge in [-0.25, -0.2) is 4.79 Å². The molecule has 0 heterocycles. The summed E-state index contributed by atoms with van der Waals surface area (Å²) < 4.78 is 27.2. The molecule has 1 aromatic carbocycles. The van der Waals surface area contributed by atoms with Crippen molar-refractivity contribution in [1.82, 2.24) is 0 Å². The van der Waals surface area contributed by atoms with E-state index in [2.05, 4.69) is 6.58 Å². The van der Waals surface area contributed by atoms with Gasteiger partial charge in [-0.05, 0) is 24.6 Å². The third-order valence-corrected chi connectivity index (χ3v) is 3.66. The van der Waals surface area contributed by atoms with Crippen LogP contribution in [0.3, 0.4) is 0 Å². The molecule has 1 aliphatic rings. The summed E-state index contributed by atoms with van der Waals surface area (Å²) in [5.41, 5.74) is 0. The lowest BCUT2D eigenvalue weighted by atomic mass is 10.1. The van der Waals surface area contributed by atoms with Crippen LogP contribution >= 0.6 is 0 Å². The minimum atomic E-state index is -0.589. The quantitative estimate of drug-likeness (QED) is 0.471. The average molecular weight is 360 g/mol. The van der Waals surface area contributed by atoms with Gasteiger partial charge >= 0.3 is 5.97 Å². The second kappa shape index (κ2) is 10.2. The van der Waals surface area contributed by atoms with Crippen molar-refractivity contribution in [2.45, 2.75) is 18.9 Å². The Morgan fingerprint density at radius 1 is 1.19 bits per heavy atom. The van der Waals surface area contributed by atoms with Gasteiger partial charge in [0.15, 0.2) is 6.10 Å². The molecule has 0 bridgehead atoms. The number of methoxy groups -OCH3 is 2. The number of ether oxygens (including phenoxy) is 5. The van der Waals surface area contributed by atoms with Crippen LogP contribution in [-0.4, -0.2) is 39.5 Å². The van der Waals surface area contributed by atoms with Gasteiger partial charge in [0.25, 0.3) is 0 Å². The van der Waals surface area contributed by atoms with Gasteiger partial charge in [-0.1, -0.05) is 12.6 Å².